The highest BCUT2D eigenvalue weighted by Crippen LogP contribution is 2.55. The van der Waals surface area contributed by atoms with Crippen molar-refractivity contribution in [2.75, 3.05) is 6.66 Å². The minimum absolute atomic E-state index is 0.0236. The summed E-state index contributed by atoms with van der Waals surface area (Å²) in [4.78, 5) is 0. The number of hydrogen-bond acceptors (Lipinski definition) is 3. The van der Waals surface area contributed by atoms with E-state index in [0.717, 1.165) is 18.8 Å². The summed E-state index contributed by atoms with van der Waals surface area (Å²) < 4.78 is 88.4. The lowest BCUT2D eigenvalue weighted by atomic mass is 10.0. The third kappa shape index (κ3) is 4.80. The smallest absolute Gasteiger partial charge is 0.425 e. The van der Waals surface area contributed by atoms with E-state index >= 15 is 0 Å². The van der Waals surface area contributed by atoms with Gasteiger partial charge in [-0.15, -0.1) is 0 Å². The molecular formula is C16H14F5O3P. The van der Waals surface area contributed by atoms with Crippen molar-refractivity contribution >= 4 is 7.60 Å². The standard InChI is InChI=1S/C16H14F5O3P/c1-25(22,23-13-10-6-3-7-11-13)24-14(12-8-4-2-5-9-12)15(17,18)16(19,20)21/h2-11,14H,1H3/t14-,25+/m0/s1. The molecule has 0 saturated heterocycles. The molecule has 0 spiro atoms. The molecule has 136 valence electrons. The van der Waals surface area contributed by atoms with Crippen LogP contribution >= 0.6 is 7.60 Å². The molecule has 0 bridgehead atoms. The second-order valence-corrected chi connectivity index (χ2v) is 7.13. The summed E-state index contributed by atoms with van der Waals surface area (Å²) >= 11 is 0. The first-order valence-electron chi connectivity index (χ1n) is 7.03. The van der Waals surface area contributed by atoms with Crippen molar-refractivity contribution in [1.82, 2.24) is 0 Å². The van der Waals surface area contributed by atoms with Gasteiger partial charge in [0, 0.05) is 6.66 Å². The maximum absolute atomic E-state index is 13.9. The van der Waals surface area contributed by atoms with Crippen LogP contribution in [0.4, 0.5) is 22.0 Å². The molecule has 2 atom stereocenters. The van der Waals surface area contributed by atoms with Crippen molar-refractivity contribution in [2.45, 2.75) is 18.2 Å². The van der Waals surface area contributed by atoms with Crippen LogP contribution in [0, 0.1) is 0 Å². The zero-order valence-corrected chi connectivity index (χ0v) is 13.8. The molecule has 0 saturated carbocycles. The van der Waals surface area contributed by atoms with E-state index in [1.807, 2.05) is 0 Å². The van der Waals surface area contributed by atoms with Gasteiger partial charge in [-0.05, 0) is 17.7 Å². The van der Waals surface area contributed by atoms with Gasteiger partial charge in [-0.2, -0.15) is 22.0 Å². The minimum atomic E-state index is -5.89. The molecule has 0 aliphatic carbocycles. The Morgan fingerprint density at radius 2 is 1.36 bits per heavy atom. The highest BCUT2D eigenvalue weighted by atomic mass is 31.2. The molecule has 0 N–H and O–H groups in total. The van der Waals surface area contributed by atoms with Gasteiger partial charge in [-0.25, -0.2) is 4.57 Å². The number of rotatable bonds is 6. The van der Waals surface area contributed by atoms with E-state index in [2.05, 4.69) is 4.52 Å². The maximum Gasteiger partial charge on any atom is 0.456 e. The first-order chi connectivity index (χ1) is 11.5. The van der Waals surface area contributed by atoms with Gasteiger partial charge in [0.1, 0.15) is 5.75 Å². The van der Waals surface area contributed by atoms with Crippen LogP contribution in [0.2, 0.25) is 0 Å². The molecule has 0 heterocycles. The topological polar surface area (TPSA) is 35.5 Å². The summed E-state index contributed by atoms with van der Waals surface area (Å²) in [5, 5.41) is 0. The second kappa shape index (κ2) is 7.14. The molecule has 2 aromatic carbocycles. The average molecular weight is 380 g/mol. The molecule has 9 heteroatoms. The van der Waals surface area contributed by atoms with Gasteiger partial charge in [0.2, 0.25) is 0 Å². The van der Waals surface area contributed by atoms with Crippen LogP contribution in [0.15, 0.2) is 60.7 Å². The third-order valence-electron chi connectivity index (χ3n) is 3.12. The zero-order valence-electron chi connectivity index (χ0n) is 12.9. The molecule has 2 aromatic rings. The van der Waals surface area contributed by atoms with E-state index in [1.165, 1.54) is 42.5 Å². The van der Waals surface area contributed by atoms with Crippen molar-refractivity contribution < 1.29 is 35.6 Å². The molecular weight excluding hydrogens is 366 g/mol. The van der Waals surface area contributed by atoms with Gasteiger partial charge in [-0.1, -0.05) is 48.5 Å². The van der Waals surface area contributed by atoms with Gasteiger partial charge in [0.15, 0.2) is 6.10 Å². The predicted molar refractivity (Wildman–Crippen MR) is 81.9 cm³/mol. The monoisotopic (exact) mass is 380 g/mol. The maximum atomic E-state index is 13.9. The van der Waals surface area contributed by atoms with Crippen LogP contribution in [0.25, 0.3) is 0 Å². The summed E-state index contributed by atoms with van der Waals surface area (Å²) in [6.07, 6.45) is -8.70. The highest BCUT2D eigenvalue weighted by molar-refractivity contribution is 7.53. The first-order valence-corrected chi connectivity index (χ1v) is 9.02. The van der Waals surface area contributed by atoms with E-state index in [4.69, 9.17) is 4.52 Å². The molecule has 0 unspecified atom stereocenters. The number of hydrogen-bond donors (Lipinski definition) is 0. The Bertz CT molecular complexity index is 734. The summed E-state index contributed by atoms with van der Waals surface area (Å²) in [7, 11) is -4.28. The van der Waals surface area contributed by atoms with E-state index in [0.29, 0.717) is 0 Å². The second-order valence-electron chi connectivity index (χ2n) is 5.19. The molecule has 0 aromatic heterocycles. The van der Waals surface area contributed by atoms with Gasteiger partial charge in [0.25, 0.3) is 0 Å². The normalized spacial score (nSPS) is 16.1. The summed E-state index contributed by atoms with van der Waals surface area (Å²) in [5.41, 5.74) is -0.469. The van der Waals surface area contributed by atoms with Gasteiger partial charge >= 0.3 is 19.7 Å². The lowest BCUT2D eigenvalue weighted by Crippen LogP contribution is -2.43. The Morgan fingerprint density at radius 1 is 0.880 bits per heavy atom. The Morgan fingerprint density at radius 3 is 1.84 bits per heavy atom. The Hall–Kier alpha value is -1.92. The zero-order chi connectivity index (χ0) is 18.7. The fourth-order valence-corrected chi connectivity index (χ4v) is 3.18. The fraction of sp³-hybridized carbons (Fsp3) is 0.250. The summed E-state index contributed by atoms with van der Waals surface area (Å²) in [5.74, 6) is -5.24. The van der Waals surface area contributed by atoms with Crippen LogP contribution < -0.4 is 4.52 Å². The summed E-state index contributed by atoms with van der Waals surface area (Å²) in [6.45, 7) is 0.836. The number of benzene rings is 2. The van der Waals surface area contributed by atoms with Crippen molar-refractivity contribution in [3.63, 3.8) is 0 Å². The Balaban J connectivity index is 2.35. The van der Waals surface area contributed by atoms with Crippen molar-refractivity contribution in [2.24, 2.45) is 0 Å². The van der Waals surface area contributed by atoms with E-state index < -0.39 is 31.4 Å². The van der Waals surface area contributed by atoms with Gasteiger partial charge < -0.3 is 4.52 Å². The third-order valence-corrected chi connectivity index (χ3v) is 4.26. The molecule has 0 aliphatic heterocycles. The quantitative estimate of drug-likeness (QED) is 0.466. The minimum Gasteiger partial charge on any atom is -0.425 e. The van der Waals surface area contributed by atoms with E-state index in [-0.39, 0.29) is 5.75 Å². The van der Waals surface area contributed by atoms with Crippen LogP contribution in [0.5, 0.6) is 5.75 Å². The van der Waals surface area contributed by atoms with Crippen LogP contribution in [-0.2, 0) is 9.09 Å². The van der Waals surface area contributed by atoms with Crippen molar-refractivity contribution in [3.8, 4) is 5.75 Å². The van der Waals surface area contributed by atoms with Crippen molar-refractivity contribution in [1.29, 1.82) is 0 Å². The van der Waals surface area contributed by atoms with Gasteiger partial charge in [0.05, 0.1) is 0 Å². The lowest BCUT2D eigenvalue weighted by molar-refractivity contribution is -0.311. The Kier molecular flexibility index (Phi) is 5.54. The number of alkyl halides is 5. The molecule has 0 amide bonds. The first kappa shape index (κ1) is 19.4. The number of para-hydroxylation sites is 1. The Labute approximate surface area is 140 Å². The SMILES string of the molecule is C[P@@](=O)(Oc1ccccc1)O[C@@H](c1ccccc1)C(F)(F)C(F)(F)F. The largest absolute Gasteiger partial charge is 0.456 e. The molecule has 0 radical (unpaired) electrons. The molecule has 0 aliphatic rings. The molecule has 3 nitrogen and oxygen atoms in total. The molecule has 2 rings (SSSR count). The van der Waals surface area contributed by atoms with Crippen LogP contribution in [-0.4, -0.2) is 18.8 Å². The molecule has 25 heavy (non-hydrogen) atoms. The van der Waals surface area contributed by atoms with Crippen LogP contribution in [0.3, 0.4) is 0 Å². The van der Waals surface area contributed by atoms with Crippen molar-refractivity contribution in [3.05, 3.63) is 66.2 Å². The lowest BCUT2D eigenvalue weighted by Gasteiger charge is -2.30. The summed E-state index contributed by atoms with van der Waals surface area (Å²) in [6, 6.07) is 13.5. The van der Waals surface area contributed by atoms with E-state index in [1.54, 1.807) is 6.07 Å². The number of halogens is 5. The average Bonchev–Trinajstić information content (AvgIpc) is 2.53. The van der Waals surface area contributed by atoms with Crippen LogP contribution in [0.1, 0.15) is 11.7 Å². The van der Waals surface area contributed by atoms with Gasteiger partial charge in [-0.3, -0.25) is 4.52 Å². The predicted octanol–water partition coefficient (Wildman–Crippen LogP) is 5.84. The highest BCUT2D eigenvalue weighted by Gasteiger charge is 2.64. The molecule has 0 fully saturated rings. The fourth-order valence-electron chi connectivity index (χ4n) is 2.00. The van der Waals surface area contributed by atoms with E-state index in [9.17, 15) is 26.5 Å².